The van der Waals surface area contributed by atoms with Crippen LogP contribution in [0.25, 0.3) is 0 Å². The van der Waals surface area contributed by atoms with Gasteiger partial charge in [-0.25, -0.2) is 4.79 Å². The maximum Gasteiger partial charge on any atom is 0.317 e. The summed E-state index contributed by atoms with van der Waals surface area (Å²) < 4.78 is 5.62. The fourth-order valence-electron chi connectivity index (χ4n) is 3.68. The molecule has 1 atom stereocenters. The first kappa shape index (κ1) is 17.2. The van der Waals surface area contributed by atoms with Crippen LogP contribution in [0.3, 0.4) is 0 Å². The number of likely N-dealkylation sites (tertiary alicyclic amines) is 1. The number of nitrogens with zero attached hydrogens (tertiary/aromatic N) is 2. The molecule has 2 amide bonds. The molecule has 2 aliphatic rings. The van der Waals surface area contributed by atoms with Gasteiger partial charge in [0.25, 0.3) is 0 Å². The van der Waals surface area contributed by atoms with E-state index in [9.17, 15) is 4.79 Å². The van der Waals surface area contributed by atoms with Crippen LogP contribution in [-0.4, -0.2) is 67.3 Å². The third kappa shape index (κ3) is 4.71. The molecule has 24 heavy (non-hydrogen) atoms. The molecule has 2 heterocycles. The minimum absolute atomic E-state index is 0.0831. The van der Waals surface area contributed by atoms with E-state index in [2.05, 4.69) is 29.3 Å². The largest absolute Gasteiger partial charge is 0.376 e. The van der Waals surface area contributed by atoms with Crippen LogP contribution in [0.4, 0.5) is 4.79 Å². The van der Waals surface area contributed by atoms with Gasteiger partial charge in [0.2, 0.25) is 0 Å². The van der Waals surface area contributed by atoms with Crippen LogP contribution in [0.1, 0.15) is 25.3 Å². The van der Waals surface area contributed by atoms with E-state index in [4.69, 9.17) is 4.74 Å². The van der Waals surface area contributed by atoms with Gasteiger partial charge in [0, 0.05) is 38.8 Å². The number of amides is 2. The molecule has 0 bridgehead atoms. The first-order chi connectivity index (χ1) is 11.7. The van der Waals surface area contributed by atoms with E-state index in [0.29, 0.717) is 18.7 Å². The highest BCUT2D eigenvalue weighted by molar-refractivity contribution is 5.74. The van der Waals surface area contributed by atoms with Gasteiger partial charge in [0.1, 0.15) is 0 Å². The van der Waals surface area contributed by atoms with Crippen LogP contribution >= 0.6 is 0 Å². The fraction of sp³-hybridized carbons (Fsp3) is 0.632. The summed E-state index contributed by atoms with van der Waals surface area (Å²) in [5.41, 5.74) is 1.26. The van der Waals surface area contributed by atoms with Gasteiger partial charge in [0.05, 0.1) is 12.7 Å². The van der Waals surface area contributed by atoms with Gasteiger partial charge in [-0.15, -0.1) is 0 Å². The van der Waals surface area contributed by atoms with Crippen LogP contribution in [0.5, 0.6) is 0 Å². The maximum atomic E-state index is 12.3. The molecule has 132 valence electrons. The fourth-order valence-corrected chi connectivity index (χ4v) is 3.68. The first-order valence-electron chi connectivity index (χ1n) is 9.15. The molecule has 1 N–H and O–H groups in total. The number of hydrogen-bond donors (Lipinski definition) is 1. The minimum atomic E-state index is 0.0831. The van der Waals surface area contributed by atoms with E-state index in [1.54, 1.807) is 0 Å². The van der Waals surface area contributed by atoms with Crippen LogP contribution in [0.15, 0.2) is 30.3 Å². The predicted molar refractivity (Wildman–Crippen MR) is 95.1 cm³/mol. The monoisotopic (exact) mass is 331 g/mol. The molecule has 3 rings (SSSR count). The Labute approximate surface area is 145 Å². The Morgan fingerprint density at radius 2 is 1.96 bits per heavy atom. The normalized spacial score (nSPS) is 23.2. The minimum Gasteiger partial charge on any atom is -0.376 e. The summed E-state index contributed by atoms with van der Waals surface area (Å²) in [7, 11) is 0. The van der Waals surface area contributed by atoms with Gasteiger partial charge in [0.15, 0.2) is 0 Å². The van der Waals surface area contributed by atoms with E-state index in [-0.39, 0.29) is 6.03 Å². The van der Waals surface area contributed by atoms with Crippen LogP contribution < -0.4 is 5.32 Å². The maximum absolute atomic E-state index is 12.3. The van der Waals surface area contributed by atoms with Crippen molar-refractivity contribution < 1.29 is 9.53 Å². The molecule has 0 saturated carbocycles. The number of carbonyl (C=O) groups is 1. The third-order valence-corrected chi connectivity index (χ3v) is 5.07. The highest BCUT2D eigenvalue weighted by Gasteiger charge is 2.29. The number of urea groups is 1. The number of benzene rings is 1. The molecular formula is C19H29N3O2. The second-order valence-electron chi connectivity index (χ2n) is 6.86. The zero-order valence-corrected chi connectivity index (χ0v) is 14.6. The van der Waals surface area contributed by atoms with Crippen molar-refractivity contribution in [2.75, 3.05) is 39.3 Å². The molecule has 2 aliphatic heterocycles. The average molecular weight is 331 g/mol. The van der Waals surface area contributed by atoms with Gasteiger partial charge in [-0.3, -0.25) is 4.90 Å². The summed E-state index contributed by atoms with van der Waals surface area (Å²) in [4.78, 5) is 16.8. The van der Waals surface area contributed by atoms with Crippen molar-refractivity contribution in [3.8, 4) is 0 Å². The molecule has 0 radical (unpaired) electrons. The van der Waals surface area contributed by atoms with E-state index in [1.165, 1.54) is 5.56 Å². The van der Waals surface area contributed by atoms with Gasteiger partial charge in [-0.05, 0) is 31.7 Å². The standard InChI is InChI=1S/C19H29N3O2/c1-16-15-22(13-14-24-16)18-8-11-21(12-9-18)19(23)20-10-7-17-5-3-2-4-6-17/h2-6,16,18H,7-15H2,1H3,(H,20,23)/t16-/m1/s1. The number of morpholine rings is 1. The number of ether oxygens (including phenoxy) is 1. The summed E-state index contributed by atoms with van der Waals surface area (Å²) in [6, 6.07) is 11.0. The predicted octanol–water partition coefficient (Wildman–Crippen LogP) is 2.12. The quantitative estimate of drug-likeness (QED) is 0.919. The lowest BCUT2D eigenvalue weighted by Crippen LogP contribution is -2.53. The number of piperidine rings is 1. The van der Waals surface area contributed by atoms with Crippen LogP contribution in [0, 0.1) is 0 Å². The molecule has 0 spiro atoms. The molecule has 2 saturated heterocycles. The Hall–Kier alpha value is -1.59. The third-order valence-electron chi connectivity index (χ3n) is 5.07. The number of rotatable bonds is 4. The lowest BCUT2D eigenvalue weighted by atomic mass is 10.0. The number of carbonyl (C=O) groups excluding carboxylic acids is 1. The molecule has 2 fully saturated rings. The molecule has 1 aromatic carbocycles. The van der Waals surface area contributed by atoms with Crippen LogP contribution in [-0.2, 0) is 11.2 Å². The highest BCUT2D eigenvalue weighted by atomic mass is 16.5. The van der Waals surface area contributed by atoms with Gasteiger partial charge in [-0.2, -0.15) is 0 Å². The zero-order chi connectivity index (χ0) is 16.8. The molecule has 5 nitrogen and oxygen atoms in total. The van der Waals surface area contributed by atoms with Crippen molar-refractivity contribution in [2.24, 2.45) is 0 Å². The first-order valence-corrected chi connectivity index (χ1v) is 9.15. The molecule has 5 heteroatoms. The summed E-state index contributed by atoms with van der Waals surface area (Å²) in [6.45, 7) is 7.43. The van der Waals surface area contributed by atoms with Gasteiger partial charge in [-0.1, -0.05) is 30.3 Å². The molecule has 0 unspecified atom stereocenters. The van der Waals surface area contributed by atoms with Crippen molar-refractivity contribution in [3.63, 3.8) is 0 Å². The number of hydrogen-bond acceptors (Lipinski definition) is 3. The highest BCUT2D eigenvalue weighted by Crippen LogP contribution is 2.19. The van der Waals surface area contributed by atoms with E-state index in [1.807, 2.05) is 23.1 Å². The summed E-state index contributed by atoms with van der Waals surface area (Å²) in [6.07, 6.45) is 3.35. The van der Waals surface area contributed by atoms with Crippen molar-refractivity contribution >= 4 is 6.03 Å². The Balaban J connectivity index is 1.37. The van der Waals surface area contributed by atoms with Crippen LogP contribution in [0.2, 0.25) is 0 Å². The molecule has 1 aromatic rings. The van der Waals surface area contributed by atoms with E-state index in [0.717, 1.165) is 52.0 Å². The second kappa shape index (κ2) is 8.49. The van der Waals surface area contributed by atoms with Crippen molar-refractivity contribution in [3.05, 3.63) is 35.9 Å². The lowest BCUT2D eigenvalue weighted by Gasteiger charge is -2.41. The topological polar surface area (TPSA) is 44.8 Å². The van der Waals surface area contributed by atoms with Gasteiger partial charge < -0.3 is 15.0 Å². The van der Waals surface area contributed by atoms with Gasteiger partial charge >= 0.3 is 6.03 Å². The average Bonchev–Trinajstić information content (AvgIpc) is 2.63. The Kier molecular flexibility index (Phi) is 6.10. The van der Waals surface area contributed by atoms with Crippen molar-refractivity contribution in [1.29, 1.82) is 0 Å². The zero-order valence-electron chi connectivity index (χ0n) is 14.6. The molecule has 0 aromatic heterocycles. The summed E-state index contributed by atoms with van der Waals surface area (Å²) in [5, 5.41) is 3.06. The van der Waals surface area contributed by atoms with E-state index >= 15 is 0 Å². The van der Waals surface area contributed by atoms with Crippen molar-refractivity contribution in [2.45, 2.75) is 38.3 Å². The second-order valence-corrected chi connectivity index (χ2v) is 6.86. The Morgan fingerprint density at radius 1 is 1.21 bits per heavy atom. The smallest absolute Gasteiger partial charge is 0.317 e. The van der Waals surface area contributed by atoms with E-state index < -0.39 is 0 Å². The molecule has 0 aliphatic carbocycles. The SMILES string of the molecule is C[C@@H]1CN(C2CCN(C(=O)NCCc3ccccc3)CC2)CCO1. The lowest BCUT2D eigenvalue weighted by molar-refractivity contribution is -0.0417. The Bertz CT molecular complexity index is 515. The Morgan fingerprint density at radius 3 is 2.67 bits per heavy atom. The van der Waals surface area contributed by atoms with Crippen molar-refractivity contribution in [1.82, 2.24) is 15.1 Å². The summed E-state index contributed by atoms with van der Waals surface area (Å²) >= 11 is 0. The molecular weight excluding hydrogens is 302 g/mol. The summed E-state index contributed by atoms with van der Waals surface area (Å²) in [5.74, 6) is 0. The number of nitrogens with one attached hydrogen (secondary N) is 1.